The van der Waals surface area contributed by atoms with Crippen LogP contribution in [0.3, 0.4) is 0 Å². The van der Waals surface area contributed by atoms with E-state index in [0.29, 0.717) is 5.56 Å². The van der Waals surface area contributed by atoms with Gasteiger partial charge in [-0.2, -0.15) is 0 Å². The van der Waals surface area contributed by atoms with Crippen molar-refractivity contribution in [3.63, 3.8) is 0 Å². The van der Waals surface area contributed by atoms with Gasteiger partial charge in [-0.1, -0.05) is 97.1 Å². The highest BCUT2D eigenvalue weighted by molar-refractivity contribution is 5.50. The Morgan fingerprint density at radius 3 is 1.76 bits per heavy atom. The molecule has 3 unspecified atom stereocenters. The van der Waals surface area contributed by atoms with Crippen LogP contribution in [0.2, 0.25) is 0 Å². The first kappa shape index (κ1) is 29.3. The summed E-state index contributed by atoms with van der Waals surface area (Å²) in [4.78, 5) is 11.4. The van der Waals surface area contributed by atoms with Gasteiger partial charge in [0.2, 0.25) is 6.29 Å². The number of nitro groups is 1. The molecule has 5 atom stereocenters. The second kappa shape index (κ2) is 12.8. The van der Waals surface area contributed by atoms with Crippen LogP contribution in [0, 0.1) is 10.1 Å². The Balaban J connectivity index is 1.48. The first-order valence-corrected chi connectivity index (χ1v) is 13.4. The predicted octanol–water partition coefficient (Wildman–Crippen LogP) is 3.28. The van der Waals surface area contributed by atoms with E-state index in [-0.39, 0.29) is 12.4 Å². The summed E-state index contributed by atoms with van der Waals surface area (Å²) in [6, 6.07) is 33.4. The minimum Gasteiger partial charge on any atom is -0.455 e. The highest BCUT2D eigenvalue weighted by Gasteiger charge is 2.45. The number of nitrogens with zero attached hydrogens (tertiary/aromatic N) is 1. The minimum absolute atomic E-state index is 0.0140. The molecule has 1 aliphatic rings. The first-order valence-electron chi connectivity index (χ1n) is 13.4. The molecule has 1 aliphatic heterocycles. The SMILES string of the molecule is O=[N+]([O-])c1cc(COC(c2ccccc2)(c2ccccc2)c2ccccc2)ccc1O[C@@H]1OC(CO)[C@H](O)C(O)C1O. The van der Waals surface area contributed by atoms with Crippen molar-refractivity contribution in [2.45, 2.75) is 42.9 Å². The molecule has 4 aromatic carbocycles. The van der Waals surface area contributed by atoms with E-state index in [1.54, 1.807) is 6.07 Å². The van der Waals surface area contributed by atoms with Gasteiger partial charge in [-0.15, -0.1) is 0 Å². The summed E-state index contributed by atoms with van der Waals surface area (Å²) in [5.74, 6) is -0.228. The van der Waals surface area contributed by atoms with Gasteiger partial charge in [-0.3, -0.25) is 10.1 Å². The monoisotopic (exact) mass is 573 g/mol. The Hall–Kier alpha value is -4.16. The molecule has 4 N–H and O–H groups in total. The van der Waals surface area contributed by atoms with Crippen LogP contribution in [0.25, 0.3) is 0 Å². The molecule has 0 aliphatic carbocycles. The molecule has 0 aromatic heterocycles. The minimum atomic E-state index is -1.71. The van der Waals surface area contributed by atoms with Crippen molar-refractivity contribution in [2.24, 2.45) is 0 Å². The average molecular weight is 574 g/mol. The normalized spacial score (nSPS) is 22.4. The molecule has 10 heteroatoms. The molecule has 4 aromatic rings. The molecule has 10 nitrogen and oxygen atoms in total. The molecule has 0 bridgehead atoms. The van der Waals surface area contributed by atoms with Gasteiger partial charge in [0.1, 0.15) is 30.0 Å². The van der Waals surface area contributed by atoms with Crippen molar-refractivity contribution in [1.29, 1.82) is 0 Å². The Morgan fingerprint density at radius 1 is 0.762 bits per heavy atom. The summed E-state index contributed by atoms with van der Waals surface area (Å²) >= 11 is 0. The van der Waals surface area contributed by atoms with E-state index in [9.17, 15) is 30.5 Å². The third-order valence-electron chi connectivity index (χ3n) is 7.31. The zero-order chi connectivity index (χ0) is 29.7. The van der Waals surface area contributed by atoms with E-state index in [2.05, 4.69) is 0 Å². The highest BCUT2D eigenvalue weighted by Crippen LogP contribution is 2.41. The lowest BCUT2D eigenvalue weighted by atomic mass is 9.80. The fraction of sp³-hybridized carbons (Fsp3) is 0.250. The van der Waals surface area contributed by atoms with Crippen molar-refractivity contribution in [3.05, 3.63) is 142 Å². The quantitative estimate of drug-likeness (QED) is 0.127. The molecular weight excluding hydrogens is 542 g/mol. The number of nitro benzene ring substituents is 1. The lowest BCUT2D eigenvalue weighted by Gasteiger charge is -2.39. The Morgan fingerprint density at radius 2 is 1.29 bits per heavy atom. The smallest absolute Gasteiger partial charge is 0.311 e. The molecule has 1 saturated heterocycles. The fourth-order valence-electron chi connectivity index (χ4n) is 5.15. The van der Waals surface area contributed by atoms with E-state index in [1.165, 1.54) is 12.1 Å². The van der Waals surface area contributed by atoms with Crippen molar-refractivity contribution in [1.82, 2.24) is 0 Å². The number of hydrogen-bond acceptors (Lipinski definition) is 9. The van der Waals surface area contributed by atoms with Gasteiger partial charge >= 0.3 is 5.69 Å². The summed E-state index contributed by atoms with van der Waals surface area (Å²) in [5.41, 5.74) is 1.65. The van der Waals surface area contributed by atoms with E-state index in [0.717, 1.165) is 16.7 Å². The van der Waals surface area contributed by atoms with Crippen LogP contribution < -0.4 is 4.74 Å². The average Bonchev–Trinajstić information content (AvgIpc) is 3.03. The molecular formula is C32H31NO9. The van der Waals surface area contributed by atoms with Crippen LogP contribution in [0.15, 0.2) is 109 Å². The van der Waals surface area contributed by atoms with Crippen LogP contribution in [0.5, 0.6) is 5.75 Å². The fourth-order valence-corrected chi connectivity index (χ4v) is 5.15. The van der Waals surface area contributed by atoms with Gasteiger partial charge in [0.25, 0.3) is 0 Å². The zero-order valence-corrected chi connectivity index (χ0v) is 22.5. The predicted molar refractivity (Wildman–Crippen MR) is 151 cm³/mol. The van der Waals surface area contributed by atoms with Gasteiger partial charge in [0.15, 0.2) is 5.75 Å². The molecule has 218 valence electrons. The number of aliphatic hydroxyl groups excluding tert-OH is 4. The molecule has 0 spiro atoms. The third-order valence-corrected chi connectivity index (χ3v) is 7.31. The number of rotatable bonds is 10. The van der Waals surface area contributed by atoms with Gasteiger partial charge in [-0.05, 0) is 28.3 Å². The molecule has 1 fully saturated rings. The zero-order valence-electron chi connectivity index (χ0n) is 22.5. The molecule has 1 heterocycles. The number of aliphatic hydroxyl groups is 4. The van der Waals surface area contributed by atoms with E-state index >= 15 is 0 Å². The van der Waals surface area contributed by atoms with E-state index in [1.807, 2.05) is 91.0 Å². The van der Waals surface area contributed by atoms with Gasteiger partial charge in [0.05, 0.1) is 18.1 Å². The summed E-state index contributed by atoms with van der Waals surface area (Å²) in [5, 5.41) is 51.9. The van der Waals surface area contributed by atoms with Gasteiger partial charge < -0.3 is 34.6 Å². The molecule has 5 rings (SSSR count). The summed E-state index contributed by atoms with van der Waals surface area (Å²) < 4.78 is 17.7. The van der Waals surface area contributed by atoms with Gasteiger partial charge in [0, 0.05) is 6.07 Å². The molecule has 0 amide bonds. The summed E-state index contributed by atoms with van der Waals surface area (Å²) in [6.45, 7) is -0.672. The van der Waals surface area contributed by atoms with Crippen molar-refractivity contribution in [2.75, 3.05) is 6.61 Å². The van der Waals surface area contributed by atoms with Crippen LogP contribution in [0.1, 0.15) is 22.3 Å². The second-order valence-electron chi connectivity index (χ2n) is 9.94. The molecule has 42 heavy (non-hydrogen) atoms. The van der Waals surface area contributed by atoms with Crippen LogP contribution in [0.4, 0.5) is 5.69 Å². The number of hydrogen-bond donors (Lipinski definition) is 4. The van der Waals surface area contributed by atoms with E-state index < -0.39 is 53.5 Å². The Bertz CT molecular complexity index is 1370. The van der Waals surface area contributed by atoms with Crippen LogP contribution in [-0.2, 0) is 21.7 Å². The molecule has 0 radical (unpaired) electrons. The highest BCUT2D eigenvalue weighted by atomic mass is 16.7. The van der Waals surface area contributed by atoms with Crippen molar-refractivity contribution < 1.29 is 39.6 Å². The van der Waals surface area contributed by atoms with Crippen LogP contribution in [-0.4, -0.2) is 62.7 Å². The maximum Gasteiger partial charge on any atom is 0.311 e. The first-order chi connectivity index (χ1) is 20.3. The lowest BCUT2D eigenvalue weighted by molar-refractivity contribution is -0.387. The maximum atomic E-state index is 12.1. The van der Waals surface area contributed by atoms with Crippen molar-refractivity contribution >= 4 is 5.69 Å². The lowest BCUT2D eigenvalue weighted by Crippen LogP contribution is -2.60. The Labute approximate surface area is 242 Å². The van der Waals surface area contributed by atoms with Crippen LogP contribution >= 0.6 is 0 Å². The number of benzene rings is 4. The summed E-state index contributed by atoms with van der Waals surface area (Å²) in [7, 11) is 0. The standard InChI is InChI=1S/C32H31NO9/c34-19-27-28(35)29(36)30(37)31(42-27)41-26-17-16-21(18-25(26)33(38)39)20-40-32(22-10-4-1-5-11-22,23-12-6-2-7-13-23)24-14-8-3-9-15-24/h1-18,27-31,34-37H,19-20H2/t27?,28-,29?,30?,31+/m0/s1. The topological polar surface area (TPSA) is 152 Å². The van der Waals surface area contributed by atoms with E-state index in [4.69, 9.17) is 14.2 Å². The largest absolute Gasteiger partial charge is 0.455 e. The van der Waals surface area contributed by atoms with Crippen molar-refractivity contribution in [3.8, 4) is 5.75 Å². The third kappa shape index (κ3) is 5.77. The number of ether oxygens (including phenoxy) is 3. The maximum absolute atomic E-state index is 12.1. The van der Waals surface area contributed by atoms with Gasteiger partial charge in [-0.25, -0.2) is 0 Å². The second-order valence-corrected chi connectivity index (χ2v) is 9.94. The Kier molecular flexibility index (Phi) is 8.93. The molecule has 0 saturated carbocycles. The summed E-state index contributed by atoms with van der Waals surface area (Å²) in [6.07, 6.45) is -7.77.